The van der Waals surface area contributed by atoms with Crippen molar-refractivity contribution in [2.75, 3.05) is 103 Å². The standard InChI is InChI=1S/C69H94N14O17S2/c1-42(85)55(39-84)76-68(99)57-41-102-101-40-56(77-64(95)52(31-44-13-4-3-5-14-44)72-58(87)35-80-23-25-81(36-59(88)89)27-29-83(38-61(92)93)30-28-82(26-24-80)37-60(90)91)67(98)75-53(32-46-17-12-16-45-15-6-7-18-48(45)46)66(97)74-54(33-47-34-71-50-20-9-8-19-49(47)50)65(96)73-51(21-10-11-22-70)63(94)79-62(43(2)86)69(100)78-57/h3-9,12-20,34,42-43,51-57,62,71,84-86H,10-11,21-33,35-41,70H2,1-2H3,(H,72,87)(H,73,96)(H,74,97)(H,75,98)(H,76,99)(H,77,95)(H,78,100)(H,79,94)(H,88,89)(H,90,91)(H,92,93)/t42-,43-,51+,52-,53+,54-,55-,56+,57+,62?/m1/s1. The molecule has 5 aromatic rings. The number of hydrogen-bond donors (Lipinski definition) is 16. The number of benzene rings is 4. The van der Waals surface area contributed by atoms with Gasteiger partial charge in [-0.3, -0.25) is 72.3 Å². The van der Waals surface area contributed by atoms with Crippen molar-refractivity contribution in [2.24, 2.45) is 5.73 Å². The highest BCUT2D eigenvalue weighted by Gasteiger charge is 2.38. The number of carbonyl (C=O) groups is 11. The molecule has 33 heteroatoms. The highest BCUT2D eigenvalue weighted by Crippen LogP contribution is 2.26. The van der Waals surface area contributed by atoms with Gasteiger partial charge in [0.1, 0.15) is 42.3 Å². The van der Waals surface area contributed by atoms with Gasteiger partial charge in [0.15, 0.2) is 0 Å². The van der Waals surface area contributed by atoms with Gasteiger partial charge in [-0.2, -0.15) is 0 Å². The Bertz CT molecular complexity index is 3630. The second-order valence-electron chi connectivity index (χ2n) is 25.4. The minimum atomic E-state index is -1.76. The molecule has 4 aromatic carbocycles. The van der Waals surface area contributed by atoms with Crippen molar-refractivity contribution in [3.05, 3.63) is 120 Å². The van der Waals surface area contributed by atoms with Gasteiger partial charge in [0, 0.05) is 100 Å². The molecule has 17 N–H and O–H groups in total. The number of para-hydroxylation sites is 1. The Morgan fingerprint density at radius 3 is 1.67 bits per heavy atom. The number of aliphatic carboxylic acids is 3. The molecule has 102 heavy (non-hydrogen) atoms. The first-order chi connectivity index (χ1) is 48.9. The predicted molar refractivity (Wildman–Crippen MR) is 382 cm³/mol. The molecule has 1 unspecified atom stereocenters. The molecule has 2 aliphatic rings. The van der Waals surface area contributed by atoms with Crippen LogP contribution in [0.25, 0.3) is 21.7 Å². The lowest BCUT2D eigenvalue weighted by molar-refractivity contribution is -0.140. The third kappa shape index (κ3) is 25.6. The van der Waals surface area contributed by atoms with Crippen molar-refractivity contribution in [3.8, 4) is 0 Å². The molecule has 0 bridgehead atoms. The molecule has 0 spiro atoms. The summed E-state index contributed by atoms with van der Waals surface area (Å²) >= 11 is 0. The molecular weight excluding hydrogens is 1360 g/mol. The summed E-state index contributed by atoms with van der Waals surface area (Å²) in [7, 11) is 1.86. The Kier molecular flexibility index (Phi) is 32.2. The van der Waals surface area contributed by atoms with Crippen LogP contribution in [0.3, 0.4) is 0 Å². The van der Waals surface area contributed by atoms with Crippen molar-refractivity contribution in [1.82, 2.24) is 67.1 Å². The second-order valence-corrected chi connectivity index (χ2v) is 28.0. The number of hydrogen-bond acceptors (Lipinski definition) is 21. The van der Waals surface area contributed by atoms with E-state index in [0.717, 1.165) is 32.4 Å². The molecule has 3 heterocycles. The van der Waals surface area contributed by atoms with E-state index in [0.29, 0.717) is 34.0 Å². The van der Waals surface area contributed by atoms with Crippen LogP contribution < -0.4 is 48.3 Å². The molecule has 10 atom stereocenters. The third-order valence-corrected chi connectivity index (χ3v) is 20.0. The Hall–Kier alpha value is -8.77. The SMILES string of the molecule is C[C@@H](O)C1NC(=O)[C@H](CCCCN)NC(=O)[C@@H](Cc2c[nH]c3ccccc23)NC(=O)[C@H](Cc2cccc3ccccc23)NC(=O)[C@@H](NC(=O)[C@@H](Cc2ccccc2)NC(=O)CN2CCN(CC(=O)O)CCN(CC(=O)O)CCN(CC(=O)O)CC2)CSSC[C@@H](C(=O)N[C@H](CO)[C@@H](C)O)NC1=O. The van der Waals surface area contributed by atoms with Crippen molar-refractivity contribution < 1.29 is 83.4 Å². The number of H-pyrrole nitrogens is 1. The van der Waals surface area contributed by atoms with Crippen molar-refractivity contribution >= 4 is 108 Å². The number of aromatic nitrogens is 1. The van der Waals surface area contributed by atoms with Gasteiger partial charge in [0.25, 0.3) is 0 Å². The number of aliphatic hydroxyl groups is 3. The van der Waals surface area contributed by atoms with Gasteiger partial charge in [0.05, 0.1) is 51.0 Å². The summed E-state index contributed by atoms with van der Waals surface area (Å²) in [4.78, 5) is 165. The fraction of sp³-hybridized carbons (Fsp3) is 0.493. The minimum absolute atomic E-state index is 0.0399. The minimum Gasteiger partial charge on any atom is -0.480 e. The Balaban J connectivity index is 1.28. The van der Waals surface area contributed by atoms with E-state index in [2.05, 4.69) is 47.5 Å². The number of aliphatic hydroxyl groups excluding tert-OH is 3. The summed E-state index contributed by atoms with van der Waals surface area (Å²) in [6.45, 7) is 1.21. The highest BCUT2D eigenvalue weighted by molar-refractivity contribution is 8.76. The van der Waals surface area contributed by atoms with Gasteiger partial charge in [-0.1, -0.05) is 113 Å². The third-order valence-electron chi connectivity index (χ3n) is 17.5. The van der Waals surface area contributed by atoms with Crippen molar-refractivity contribution in [2.45, 2.75) is 113 Å². The van der Waals surface area contributed by atoms with E-state index in [-0.39, 0.29) is 109 Å². The Morgan fingerprint density at radius 1 is 0.569 bits per heavy atom. The van der Waals surface area contributed by atoms with E-state index in [9.17, 15) is 64.2 Å². The quantitative estimate of drug-likeness (QED) is 0.0210. The van der Waals surface area contributed by atoms with Crippen LogP contribution in [0, 0.1) is 0 Å². The lowest BCUT2D eigenvalue weighted by Crippen LogP contribution is -2.62. The number of fused-ring (bicyclic) bond motifs is 2. The monoisotopic (exact) mass is 1450 g/mol. The molecule has 7 rings (SSSR count). The van der Waals surface area contributed by atoms with Crippen LogP contribution in [0.1, 0.15) is 49.8 Å². The molecule has 8 amide bonds. The number of carbonyl (C=O) groups excluding carboxylic acids is 8. The van der Waals surface area contributed by atoms with Crippen molar-refractivity contribution in [3.63, 3.8) is 0 Å². The van der Waals surface area contributed by atoms with E-state index < -0.39 is 152 Å². The van der Waals surface area contributed by atoms with Gasteiger partial charge >= 0.3 is 17.9 Å². The highest BCUT2D eigenvalue weighted by atomic mass is 33.1. The average Bonchev–Trinajstić information content (AvgIpc) is 1.51. The first-order valence-electron chi connectivity index (χ1n) is 33.8. The van der Waals surface area contributed by atoms with Crippen molar-refractivity contribution in [1.29, 1.82) is 0 Å². The van der Waals surface area contributed by atoms with Gasteiger partial charge in [-0.05, 0) is 73.2 Å². The van der Waals surface area contributed by atoms with Crippen LogP contribution in [-0.2, 0) is 72.0 Å². The number of amides is 8. The zero-order chi connectivity index (χ0) is 73.8. The fourth-order valence-corrected chi connectivity index (χ4v) is 14.2. The first-order valence-corrected chi connectivity index (χ1v) is 36.3. The van der Waals surface area contributed by atoms with Gasteiger partial charge < -0.3 is 83.9 Å². The zero-order valence-corrected chi connectivity index (χ0v) is 58.6. The maximum atomic E-state index is 15.5. The second kappa shape index (κ2) is 40.8. The van der Waals surface area contributed by atoms with Crippen LogP contribution in [0.2, 0.25) is 0 Å². The molecular formula is C69H94N14O17S2. The maximum Gasteiger partial charge on any atom is 0.317 e. The van der Waals surface area contributed by atoms with E-state index in [4.69, 9.17) is 5.73 Å². The lowest BCUT2D eigenvalue weighted by Gasteiger charge is -2.33. The van der Waals surface area contributed by atoms with Crippen LogP contribution in [0.4, 0.5) is 0 Å². The number of carboxylic acids is 3. The van der Waals surface area contributed by atoms with Gasteiger partial charge in [-0.25, -0.2) is 0 Å². The summed E-state index contributed by atoms with van der Waals surface area (Å²) in [6, 6.07) is 16.5. The summed E-state index contributed by atoms with van der Waals surface area (Å²) in [5.41, 5.74) is 8.32. The van der Waals surface area contributed by atoms with E-state index in [1.807, 2.05) is 42.5 Å². The molecule has 0 radical (unpaired) electrons. The number of carboxylic acid groups (broad SMARTS) is 3. The van der Waals surface area contributed by atoms with E-state index >= 15 is 19.2 Å². The number of nitrogens with zero attached hydrogens (tertiary/aromatic N) is 4. The zero-order valence-electron chi connectivity index (χ0n) is 57.0. The molecule has 0 aliphatic carbocycles. The number of aromatic amines is 1. The Morgan fingerprint density at radius 2 is 1.09 bits per heavy atom. The van der Waals surface area contributed by atoms with E-state index in [1.165, 1.54) is 13.8 Å². The van der Waals surface area contributed by atoms with Crippen LogP contribution in [0.15, 0.2) is 103 Å². The number of nitrogens with two attached hydrogens (primary N) is 1. The fourth-order valence-electron chi connectivity index (χ4n) is 11.9. The number of nitrogens with one attached hydrogen (secondary N) is 9. The maximum absolute atomic E-state index is 15.5. The van der Waals surface area contributed by atoms with Gasteiger partial charge in [-0.15, -0.1) is 0 Å². The van der Waals surface area contributed by atoms with Gasteiger partial charge in [0.2, 0.25) is 47.3 Å². The molecule has 2 fully saturated rings. The molecule has 2 aliphatic heterocycles. The summed E-state index contributed by atoms with van der Waals surface area (Å²) in [5, 5.41) is 85.1. The van der Waals surface area contributed by atoms with Crippen LogP contribution in [-0.4, -0.2) is 284 Å². The van der Waals surface area contributed by atoms with Crippen LogP contribution >= 0.6 is 21.6 Å². The summed E-state index contributed by atoms with van der Waals surface area (Å²) < 4.78 is 0. The van der Waals surface area contributed by atoms with Crippen LogP contribution in [0.5, 0.6) is 0 Å². The number of rotatable bonds is 26. The smallest absolute Gasteiger partial charge is 0.317 e. The summed E-state index contributed by atoms with van der Waals surface area (Å²) in [5.74, 6) is -11.3. The topological polar surface area (TPSA) is 460 Å². The molecule has 1 aromatic heterocycles. The number of unbranched alkanes of at least 4 members (excludes halogenated alkanes) is 1. The van der Waals surface area contributed by atoms with E-state index in [1.54, 1.807) is 80.4 Å². The Labute approximate surface area is 597 Å². The lowest BCUT2D eigenvalue weighted by atomic mass is 9.97. The molecule has 554 valence electrons. The first kappa shape index (κ1) is 80.5. The molecule has 0 saturated carbocycles. The summed E-state index contributed by atoms with van der Waals surface area (Å²) in [6.07, 6.45) is -1.11. The average molecular weight is 1460 g/mol. The largest absolute Gasteiger partial charge is 0.480 e. The molecule has 31 nitrogen and oxygen atoms in total. The molecule has 2 saturated heterocycles. The normalized spacial score (nSPS) is 21.8. The predicted octanol–water partition coefficient (Wildman–Crippen LogP) is -2.02.